The highest BCUT2D eigenvalue weighted by Crippen LogP contribution is 2.31. The largest absolute Gasteiger partial charge is 0.315 e. The van der Waals surface area contributed by atoms with Crippen LogP contribution in [-0.2, 0) is 15.4 Å². The van der Waals surface area contributed by atoms with Gasteiger partial charge >= 0.3 is 0 Å². The molecule has 0 aromatic carbocycles. The summed E-state index contributed by atoms with van der Waals surface area (Å²) in [5, 5.41) is 3.21. The average molecular weight is 339 g/mol. The Morgan fingerprint density at radius 3 is 2.55 bits per heavy atom. The number of sulfonamides is 1. The van der Waals surface area contributed by atoms with E-state index in [0.717, 1.165) is 30.8 Å². The Labute approximate surface area is 131 Å². The molecule has 4 nitrogen and oxygen atoms in total. The molecule has 116 valence electrons. The van der Waals surface area contributed by atoms with Gasteiger partial charge in [-0.25, -0.2) is 13.1 Å². The van der Waals surface area contributed by atoms with Crippen molar-refractivity contribution < 1.29 is 8.42 Å². The molecule has 1 aliphatic rings. The van der Waals surface area contributed by atoms with Crippen molar-refractivity contribution in [1.29, 1.82) is 0 Å². The van der Waals surface area contributed by atoms with Gasteiger partial charge in [0.1, 0.15) is 4.21 Å². The lowest BCUT2D eigenvalue weighted by Gasteiger charge is -2.23. The van der Waals surface area contributed by atoms with Gasteiger partial charge in [-0.05, 0) is 36.9 Å². The quantitative estimate of drug-likeness (QED) is 0.890. The highest BCUT2D eigenvalue weighted by Gasteiger charge is 2.25. The number of hydrogen-bond donors (Lipinski definition) is 2. The predicted molar refractivity (Wildman–Crippen MR) is 86.5 cm³/mol. The van der Waals surface area contributed by atoms with Gasteiger partial charge in [0, 0.05) is 17.5 Å². The van der Waals surface area contributed by atoms with Crippen molar-refractivity contribution >= 4 is 33.8 Å². The van der Waals surface area contributed by atoms with Crippen molar-refractivity contribution in [2.75, 3.05) is 13.1 Å². The molecule has 2 heterocycles. The first-order chi connectivity index (χ1) is 8.79. The van der Waals surface area contributed by atoms with Crippen molar-refractivity contribution in [2.45, 2.75) is 49.3 Å². The summed E-state index contributed by atoms with van der Waals surface area (Å²) in [6, 6.07) is 3.64. The minimum absolute atomic E-state index is 0. The summed E-state index contributed by atoms with van der Waals surface area (Å²) in [5.41, 5.74) is -0.00910. The van der Waals surface area contributed by atoms with E-state index in [1.165, 1.54) is 11.3 Å². The second-order valence-electron chi connectivity index (χ2n) is 6.03. The molecule has 1 aromatic rings. The van der Waals surface area contributed by atoms with Gasteiger partial charge in [0.05, 0.1) is 0 Å². The van der Waals surface area contributed by atoms with Crippen LogP contribution in [0.25, 0.3) is 0 Å². The van der Waals surface area contributed by atoms with E-state index in [2.05, 4.69) is 30.8 Å². The van der Waals surface area contributed by atoms with Gasteiger partial charge in [0.15, 0.2) is 0 Å². The molecule has 0 bridgehead atoms. The maximum Gasteiger partial charge on any atom is 0.250 e. The van der Waals surface area contributed by atoms with E-state index in [1.807, 2.05) is 6.07 Å². The van der Waals surface area contributed by atoms with Gasteiger partial charge in [-0.15, -0.1) is 23.7 Å². The third kappa shape index (κ3) is 4.43. The third-order valence-corrected chi connectivity index (χ3v) is 6.73. The van der Waals surface area contributed by atoms with E-state index in [-0.39, 0.29) is 23.9 Å². The number of piperidine rings is 1. The molecule has 1 unspecified atom stereocenters. The topological polar surface area (TPSA) is 58.2 Å². The first-order valence-corrected chi connectivity index (χ1v) is 8.92. The van der Waals surface area contributed by atoms with Crippen molar-refractivity contribution in [3.05, 3.63) is 17.0 Å². The summed E-state index contributed by atoms with van der Waals surface area (Å²) in [6.45, 7) is 7.97. The molecule has 7 heteroatoms. The first kappa shape index (κ1) is 17.9. The molecule has 1 aliphatic heterocycles. The highest BCUT2D eigenvalue weighted by atomic mass is 35.5. The summed E-state index contributed by atoms with van der Waals surface area (Å²) >= 11 is 1.36. The lowest BCUT2D eigenvalue weighted by atomic mass is 9.95. The van der Waals surface area contributed by atoms with Crippen LogP contribution in [0.3, 0.4) is 0 Å². The zero-order chi connectivity index (χ0) is 14.1. The second kappa shape index (κ2) is 6.75. The van der Waals surface area contributed by atoms with Crippen LogP contribution in [0.2, 0.25) is 0 Å². The van der Waals surface area contributed by atoms with Gasteiger partial charge in [-0.2, -0.15) is 0 Å². The molecule has 1 saturated heterocycles. The molecule has 0 amide bonds. The van der Waals surface area contributed by atoms with Crippen LogP contribution in [0.1, 0.15) is 38.5 Å². The van der Waals surface area contributed by atoms with Crippen LogP contribution in [0.4, 0.5) is 0 Å². The predicted octanol–water partition coefficient (Wildman–Crippen LogP) is 2.50. The Morgan fingerprint density at radius 1 is 1.35 bits per heavy atom. The molecule has 0 aliphatic carbocycles. The molecular formula is C13H23ClN2O2S2. The smallest absolute Gasteiger partial charge is 0.250 e. The second-order valence-corrected chi connectivity index (χ2v) is 9.06. The summed E-state index contributed by atoms with van der Waals surface area (Å²) in [5.74, 6) is 0. The average Bonchev–Trinajstić information content (AvgIpc) is 2.79. The van der Waals surface area contributed by atoms with E-state index in [0.29, 0.717) is 4.21 Å². The molecular weight excluding hydrogens is 316 g/mol. The Balaban J connectivity index is 0.00000200. The van der Waals surface area contributed by atoms with Gasteiger partial charge in [-0.3, -0.25) is 0 Å². The van der Waals surface area contributed by atoms with Crippen molar-refractivity contribution in [3.63, 3.8) is 0 Å². The van der Waals surface area contributed by atoms with E-state index < -0.39 is 10.0 Å². The zero-order valence-corrected chi connectivity index (χ0v) is 14.6. The van der Waals surface area contributed by atoms with Crippen LogP contribution in [0.5, 0.6) is 0 Å². The van der Waals surface area contributed by atoms with Crippen LogP contribution in [0, 0.1) is 0 Å². The summed E-state index contributed by atoms with van der Waals surface area (Å²) in [7, 11) is -3.37. The summed E-state index contributed by atoms with van der Waals surface area (Å²) < 4.78 is 27.8. The van der Waals surface area contributed by atoms with Gasteiger partial charge in [0.2, 0.25) is 10.0 Å². The molecule has 0 radical (unpaired) electrons. The monoisotopic (exact) mass is 338 g/mol. The first-order valence-electron chi connectivity index (χ1n) is 6.62. The van der Waals surface area contributed by atoms with Gasteiger partial charge in [0.25, 0.3) is 0 Å². The van der Waals surface area contributed by atoms with Gasteiger partial charge < -0.3 is 5.32 Å². The van der Waals surface area contributed by atoms with E-state index in [4.69, 9.17) is 0 Å². The maximum atomic E-state index is 12.3. The Morgan fingerprint density at radius 2 is 2.05 bits per heavy atom. The van der Waals surface area contributed by atoms with E-state index in [1.54, 1.807) is 6.07 Å². The van der Waals surface area contributed by atoms with Crippen LogP contribution >= 0.6 is 23.7 Å². The Bertz CT molecular complexity index is 529. The summed E-state index contributed by atoms with van der Waals surface area (Å²) in [4.78, 5) is 1.09. The SMILES string of the molecule is CC(C)(C)c1ccc(S(=O)(=O)NC2CCCNC2)s1.Cl. The third-order valence-electron chi connectivity index (χ3n) is 3.20. The number of halogens is 1. The van der Waals surface area contributed by atoms with Crippen LogP contribution in [-0.4, -0.2) is 27.5 Å². The zero-order valence-electron chi connectivity index (χ0n) is 12.1. The fourth-order valence-electron chi connectivity index (χ4n) is 2.10. The van der Waals surface area contributed by atoms with E-state index in [9.17, 15) is 8.42 Å². The van der Waals surface area contributed by atoms with E-state index >= 15 is 0 Å². The Kier molecular flexibility index (Phi) is 6.04. The molecule has 1 atom stereocenters. The van der Waals surface area contributed by atoms with Crippen molar-refractivity contribution in [3.8, 4) is 0 Å². The molecule has 0 saturated carbocycles. The molecule has 2 rings (SSSR count). The normalized spacial score (nSPS) is 20.4. The summed E-state index contributed by atoms with van der Waals surface area (Å²) in [6.07, 6.45) is 1.93. The number of rotatable bonds is 3. The number of nitrogens with one attached hydrogen (secondary N) is 2. The highest BCUT2D eigenvalue weighted by molar-refractivity contribution is 7.91. The number of hydrogen-bond acceptors (Lipinski definition) is 4. The molecule has 0 spiro atoms. The standard InChI is InChI=1S/C13H22N2O2S2.ClH/c1-13(2,3)11-6-7-12(18-11)19(16,17)15-10-5-4-8-14-9-10;/h6-7,10,14-15H,4-5,8-9H2,1-3H3;1H. The van der Waals surface area contributed by atoms with Crippen LogP contribution in [0.15, 0.2) is 16.3 Å². The lowest BCUT2D eigenvalue weighted by molar-refractivity contribution is 0.429. The fraction of sp³-hybridized carbons (Fsp3) is 0.692. The number of thiophene rings is 1. The minimum atomic E-state index is -3.37. The maximum absolute atomic E-state index is 12.3. The molecule has 2 N–H and O–H groups in total. The van der Waals surface area contributed by atoms with Crippen molar-refractivity contribution in [1.82, 2.24) is 10.0 Å². The molecule has 20 heavy (non-hydrogen) atoms. The van der Waals surface area contributed by atoms with Gasteiger partial charge in [-0.1, -0.05) is 20.8 Å². The minimum Gasteiger partial charge on any atom is -0.315 e. The lowest BCUT2D eigenvalue weighted by Crippen LogP contribution is -2.45. The molecule has 1 aromatic heterocycles. The van der Waals surface area contributed by atoms with Crippen molar-refractivity contribution in [2.24, 2.45) is 0 Å². The van der Waals surface area contributed by atoms with Crippen LogP contribution < -0.4 is 10.0 Å². The fourth-order valence-corrected chi connectivity index (χ4v) is 4.75. The molecule has 1 fully saturated rings. The Hall–Kier alpha value is -0.140.